The summed E-state index contributed by atoms with van der Waals surface area (Å²) in [6.45, 7) is 1.80. The van der Waals surface area contributed by atoms with E-state index >= 15 is 0 Å². The lowest BCUT2D eigenvalue weighted by atomic mass is 10.2. The Kier molecular flexibility index (Phi) is 5.58. The number of nitrogens with one attached hydrogen (secondary N) is 2. The van der Waals surface area contributed by atoms with Crippen molar-refractivity contribution >= 4 is 23.4 Å². The third-order valence-electron chi connectivity index (χ3n) is 3.73. The molecule has 5 nitrogen and oxygen atoms in total. The summed E-state index contributed by atoms with van der Waals surface area (Å²) >= 11 is 1.31. The highest BCUT2D eigenvalue weighted by Gasteiger charge is 2.18. The van der Waals surface area contributed by atoms with Gasteiger partial charge in [0.2, 0.25) is 5.91 Å². The van der Waals surface area contributed by atoms with Crippen molar-refractivity contribution in [1.29, 1.82) is 0 Å². The molecule has 0 unspecified atom stereocenters. The normalized spacial score (nSPS) is 11.8. The number of hydrogen-bond acceptors (Lipinski definition) is 4. The van der Waals surface area contributed by atoms with Crippen LogP contribution in [0.5, 0.6) is 5.75 Å². The smallest absolute Gasteiger partial charge is 0.237 e. The van der Waals surface area contributed by atoms with Crippen molar-refractivity contribution in [3.05, 3.63) is 60.5 Å². The lowest BCUT2D eigenvalue weighted by Gasteiger charge is -2.13. The maximum atomic E-state index is 13.0. The van der Waals surface area contributed by atoms with Gasteiger partial charge in [0.15, 0.2) is 5.16 Å². The van der Waals surface area contributed by atoms with E-state index in [1.54, 1.807) is 44.5 Å². The first-order chi connectivity index (χ1) is 12.6. The fourth-order valence-electron chi connectivity index (χ4n) is 2.34. The zero-order valence-electron chi connectivity index (χ0n) is 14.3. The predicted octanol–water partition coefficient (Wildman–Crippen LogP) is 4.34. The lowest BCUT2D eigenvalue weighted by molar-refractivity contribution is -0.115. The highest BCUT2D eigenvalue weighted by Crippen LogP contribution is 2.27. The molecule has 1 aromatic heterocycles. The van der Waals surface area contributed by atoms with Crippen LogP contribution in [0.2, 0.25) is 0 Å². The molecule has 0 radical (unpaired) electrons. The number of carbonyl (C=O) groups excluding carboxylic acids is 1. The SMILES string of the molecule is COc1ccccc1NC(=O)[C@H](C)Sc1ncc(-c2ccc(F)cc2)[nH]1. The second-order valence-corrected chi connectivity index (χ2v) is 6.89. The van der Waals surface area contributed by atoms with Crippen molar-refractivity contribution in [2.45, 2.75) is 17.3 Å². The monoisotopic (exact) mass is 371 g/mol. The summed E-state index contributed by atoms with van der Waals surface area (Å²) in [6.07, 6.45) is 1.67. The molecule has 0 aliphatic rings. The Hall–Kier alpha value is -2.80. The Balaban J connectivity index is 1.65. The van der Waals surface area contributed by atoms with E-state index in [0.29, 0.717) is 16.6 Å². The number of anilines is 1. The van der Waals surface area contributed by atoms with Crippen LogP contribution in [-0.2, 0) is 4.79 Å². The van der Waals surface area contributed by atoms with E-state index in [9.17, 15) is 9.18 Å². The van der Waals surface area contributed by atoms with Crippen molar-refractivity contribution in [2.24, 2.45) is 0 Å². The molecular weight excluding hydrogens is 353 g/mol. The largest absolute Gasteiger partial charge is 0.495 e. The maximum absolute atomic E-state index is 13.0. The summed E-state index contributed by atoms with van der Waals surface area (Å²) in [7, 11) is 1.56. The number of imidazole rings is 1. The maximum Gasteiger partial charge on any atom is 0.237 e. The lowest BCUT2D eigenvalue weighted by Crippen LogP contribution is -2.22. The number of aromatic amines is 1. The molecule has 2 aromatic carbocycles. The van der Waals surface area contributed by atoms with Crippen molar-refractivity contribution in [1.82, 2.24) is 9.97 Å². The quantitative estimate of drug-likeness (QED) is 0.633. The topological polar surface area (TPSA) is 67.0 Å². The van der Waals surface area contributed by atoms with Crippen molar-refractivity contribution in [3.8, 4) is 17.0 Å². The molecule has 26 heavy (non-hydrogen) atoms. The van der Waals surface area contributed by atoms with Gasteiger partial charge in [-0.25, -0.2) is 9.37 Å². The number of amides is 1. The molecule has 3 aromatic rings. The average Bonchev–Trinajstić information content (AvgIpc) is 3.11. The number of methoxy groups -OCH3 is 1. The highest BCUT2D eigenvalue weighted by molar-refractivity contribution is 8.00. The first-order valence-corrected chi connectivity index (χ1v) is 8.86. The molecular formula is C19H18FN3O2S. The molecule has 0 saturated carbocycles. The molecule has 0 fully saturated rings. The Morgan fingerprint density at radius 2 is 1.96 bits per heavy atom. The number of carbonyl (C=O) groups is 1. The van der Waals surface area contributed by atoms with Gasteiger partial charge >= 0.3 is 0 Å². The first-order valence-electron chi connectivity index (χ1n) is 7.98. The summed E-state index contributed by atoms with van der Waals surface area (Å²) in [5, 5.41) is 3.11. The van der Waals surface area contributed by atoms with Crippen LogP contribution in [0.1, 0.15) is 6.92 Å². The second-order valence-electron chi connectivity index (χ2n) is 5.56. The molecule has 1 heterocycles. The molecule has 0 aliphatic carbocycles. The minimum atomic E-state index is -0.368. The number of hydrogen-bond donors (Lipinski definition) is 2. The standard InChI is InChI=1S/C19H18FN3O2S/c1-12(18(24)22-15-5-3-4-6-17(15)25-2)26-19-21-11-16(23-19)13-7-9-14(20)10-8-13/h3-12H,1-2H3,(H,21,23)(H,22,24)/t12-/m0/s1. The van der Waals surface area contributed by atoms with Crippen LogP contribution in [0.25, 0.3) is 11.3 Å². The Morgan fingerprint density at radius 1 is 1.23 bits per heavy atom. The molecule has 134 valence electrons. The molecule has 0 bridgehead atoms. The van der Waals surface area contributed by atoms with E-state index in [-0.39, 0.29) is 17.0 Å². The third-order valence-corrected chi connectivity index (χ3v) is 4.73. The number of nitrogens with zero attached hydrogens (tertiary/aromatic N) is 1. The van der Waals surface area contributed by atoms with Gasteiger partial charge < -0.3 is 15.0 Å². The van der Waals surface area contributed by atoms with E-state index in [0.717, 1.165) is 11.3 Å². The molecule has 1 amide bonds. The van der Waals surface area contributed by atoms with Crippen molar-refractivity contribution < 1.29 is 13.9 Å². The highest BCUT2D eigenvalue weighted by atomic mass is 32.2. The Morgan fingerprint density at radius 3 is 2.69 bits per heavy atom. The molecule has 0 saturated heterocycles. The van der Waals surface area contributed by atoms with Gasteiger partial charge in [-0.2, -0.15) is 0 Å². The van der Waals surface area contributed by atoms with E-state index in [4.69, 9.17) is 4.74 Å². The number of benzene rings is 2. The fraction of sp³-hybridized carbons (Fsp3) is 0.158. The predicted molar refractivity (Wildman–Crippen MR) is 101 cm³/mol. The van der Waals surface area contributed by atoms with Crippen LogP contribution in [0.3, 0.4) is 0 Å². The molecule has 3 rings (SSSR count). The number of ether oxygens (including phenoxy) is 1. The number of thioether (sulfide) groups is 1. The van der Waals surface area contributed by atoms with Gasteiger partial charge in [0, 0.05) is 0 Å². The number of halogens is 1. The van der Waals surface area contributed by atoms with Gasteiger partial charge in [-0.1, -0.05) is 23.9 Å². The molecule has 2 N–H and O–H groups in total. The van der Waals surface area contributed by atoms with Crippen molar-refractivity contribution in [3.63, 3.8) is 0 Å². The molecule has 7 heteroatoms. The molecule has 0 spiro atoms. The minimum absolute atomic E-state index is 0.153. The summed E-state index contributed by atoms with van der Waals surface area (Å²) < 4.78 is 18.3. The molecule has 1 atom stereocenters. The van der Waals surface area contributed by atoms with Crippen LogP contribution < -0.4 is 10.1 Å². The Labute approximate surface area is 155 Å². The van der Waals surface area contributed by atoms with Gasteiger partial charge in [-0.3, -0.25) is 4.79 Å². The zero-order chi connectivity index (χ0) is 18.5. The number of rotatable bonds is 6. The van der Waals surface area contributed by atoms with E-state index < -0.39 is 0 Å². The molecule has 0 aliphatic heterocycles. The van der Waals surface area contributed by atoms with Gasteiger partial charge in [0.25, 0.3) is 0 Å². The number of para-hydroxylation sites is 2. The van der Waals surface area contributed by atoms with E-state index in [2.05, 4.69) is 15.3 Å². The van der Waals surface area contributed by atoms with Crippen LogP contribution in [0.4, 0.5) is 10.1 Å². The second kappa shape index (κ2) is 8.05. The van der Waals surface area contributed by atoms with E-state index in [1.165, 1.54) is 23.9 Å². The summed E-state index contributed by atoms with van der Waals surface area (Å²) in [6, 6.07) is 13.4. The number of H-pyrrole nitrogens is 1. The first kappa shape index (κ1) is 18.0. The summed E-state index contributed by atoms with van der Waals surface area (Å²) in [5.74, 6) is 0.165. The van der Waals surface area contributed by atoms with Crippen LogP contribution in [0, 0.1) is 5.82 Å². The van der Waals surface area contributed by atoms with Gasteiger partial charge in [0.05, 0.1) is 29.9 Å². The van der Waals surface area contributed by atoms with Crippen LogP contribution >= 0.6 is 11.8 Å². The van der Waals surface area contributed by atoms with Crippen LogP contribution in [-0.4, -0.2) is 28.2 Å². The third kappa shape index (κ3) is 4.23. The van der Waals surface area contributed by atoms with Crippen molar-refractivity contribution in [2.75, 3.05) is 12.4 Å². The fourth-order valence-corrected chi connectivity index (χ4v) is 3.13. The zero-order valence-corrected chi connectivity index (χ0v) is 15.1. The number of aromatic nitrogens is 2. The summed E-state index contributed by atoms with van der Waals surface area (Å²) in [4.78, 5) is 19.9. The van der Waals surface area contributed by atoms with Gasteiger partial charge in [-0.05, 0) is 48.9 Å². The van der Waals surface area contributed by atoms with Gasteiger partial charge in [0.1, 0.15) is 11.6 Å². The average molecular weight is 371 g/mol. The van der Waals surface area contributed by atoms with Crippen LogP contribution in [0.15, 0.2) is 59.9 Å². The van der Waals surface area contributed by atoms with Gasteiger partial charge in [-0.15, -0.1) is 0 Å². The van der Waals surface area contributed by atoms with E-state index in [1.807, 2.05) is 12.1 Å². The Bertz CT molecular complexity index is 896. The summed E-state index contributed by atoms with van der Waals surface area (Å²) in [5.41, 5.74) is 2.22. The minimum Gasteiger partial charge on any atom is -0.495 e.